The monoisotopic (exact) mass is 218 g/mol. The van der Waals surface area contributed by atoms with E-state index in [2.05, 4.69) is 5.43 Å². The molecule has 3 amide bonds. The van der Waals surface area contributed by atoms with Crippen LogP contribution in [-0.2, 0) is 9.59 Å². The van der Waals surface area contributed by atoms with Crippen LogP contribution in [0.5, 0.6) is 0 Å². The van der Waals surface area contributed by atoms with Gasteiger partial charge in [-0.3, -0.25) is 19.8 Å². The number of hydrogen-bond donors (Lipinski definition) is 1. The molecule has 2 rings (SSSR count). The zero-order valence-electron chi connectivity index (χ0n) is 8.47. The van der Waals surface area contributed by atoms with Crippen molar-refractivity contribution >= 4 is 17.7 Å². The Bertz CT molecular complexity index is 442. The first-order valence-electron chi connectivity index (χ1n) is 4.90. The number of carbonyl (C=O) groups is 3. The maximum Gasteiger partial charge on any atom is 0.279 e. The highest BCUT2D eigenvalue weighted by atomic mass is 16.2. The number of carbonyl (C=O) groups excluding carboxylic acids is 3. The van der Waals surface area contributed by atoms with E-state index in [1.165, 1.54) is 0 Å². The van der Waals surface area contributed by atoms with Crippen LogP contribution in [0.2, 0.25) is 0 Å². The fraction of sp³-hybridized carbons (Fsp3) is 0.182. The molecule has 0 unspecified atom stereocenters. The summed E-state index contributed by atoms with van der Waals surface area (Å²) in [6.07, 6.45) is 0.210. The van der Waals surface area contributed by atoms with Gasteiger partial charge < -0.3 is 0 Å². The number of hydrazine groups is 1. The Hall–Kier alpha value is -2.17. The van der Waals surface area contributed by atoms with Crippen LogP contribution < -0.4 is 5.43 Å². The zero-order chi connectivity index (χ0) is 11.5. The quantitative estimate of drug-likeness (QED) is 0.697. The molecule has 0 bridgehead atoms. The topological polar surface area (TPSA) is 66.5 Å². The number of amides is 3. The fourth-order valence-electron chi connectivity index (χ4n) is 1.45. The standard InChI is InChI=1S/C11H10N2O3/c14-9-6-7-10(15)13(12-9)11(16)8-4-2-1-3-5-8/h1-5H,6-7H2,(H,12,14). The van der Waals surface area contributed by atoms with Crippen LogP contribution in [0, 0.1) is 0 Å². The minimum absolute atomic E-state index is 0.0738. The highest BCUT2D eigenvalue weighted by molar-refractivity contribution is 6.07. The smallest absolute Gasteiger partial charge is 0.273 e. The van der Waals surface area contributed by atoms with Gasteiger partial charge in [0.2, 0.25) is 11.8 Å². The van der Waals surface area contributed by atoms with Crippen molar-refractivity contribution in [3.05, 3.63) is 35.9 Å². The van der Waals surface area contributed by atoms with Gasteiger partial charge in [-0.1, -0.05) is 18.2 Å². The van der Waals surface area contributed by atoms with E-state index in [-0.39, 0.29) is 24.7 Å². The second kappa shape index (κ2) is 4.14. The SMILES string of the molecule is O=C1CCC(=O)N(C(=O)c2ccccc2)N1. The molecule has 1 aromatic carbocycles. The summed E-state index contributed by atoms with van der Waals surface area (Å²) in [6, 6.07) is 8.35. The van der Waals surface area contributed by atoms with E-state index < -0.39 is 5.91 Å². The molecule has 0 atom stereocenters. The molecule has 0 aromatic heterocycles. The van der Waals surface area contributed by atoms with Gasteiger partial charge in [-0.2, -0.15) is 5.01 Å². The predicted molar refractivity (Wildman–Crippen MR) is 55.0 cm³/mol. The lowest BCUT2D eigenvalue weighted by Gasteiger charge is -2.25. The Morgan fingerprint density at radius 1 is 1.12 bits per heavy atom. The van der Waals surface area contributed by atoms with E-state index in [9.17, 15) is 14.4 Å². The van der Waals surface area contributed by atoms with Gasteiger partial charge in [0.1, 0.15) is 0 Å². The summed E-state index contributed by atoms with van der Waals surface area (Å²) in [5.41, 5.74) is 2.63. The van der Waals surface area contributed by atoms with Crippen molar-refractivity contribution in [2.24, 2.45) is 0 Å². The van der Waals surface area contributed by atoms with Crippen molar-refractivity contribution in [3.8, 4) is 0 Å². The summed E-state index contributed by atoms with van der Waals surface area (Å²) in [4.78, 5) is 34.4. The first-order valence-corrected chi connectivity index (χ1v) is 4.90. The average Bonchev–Trinajstić information content (AvgIpc) is 2.32. The normalized spacial score (nSPS) is 15.9. The molecule has 0 spiro atoms. The lowest BCUT2D eigenvalue weighted by atomic mass is 10.2. The van der Waals surface area contributed by atoms with Gasteiger partial charge in [0.25, 0.3) is 5.91 Å². The van der Waals surface area contributed by atoms with Gasteiger partial charge in [-0.25, -0.2) is 0 Å². The molecule has 1 saturated heterocycles. The van der Waals surface area contributed by atoms with E-state index >= 15 is 0 Å². The molecule has 0 aliphatic carbocycles. The minimum atomic E-state index is -0.501. The second-order valence-corrected chi connectivity index (χ2v) is 3.44. The minimum Gasteiger partial charge on any atom is -0.273 e. The Kier molecular flexibility index (Phi) is 2.68. The number of nitrogens with zero attached hydrogens (tertiary/aromatic N) is 1. The molecule has 1 N–H and O–H groups in total. The summed E-state index contributed by atoms with van der Waals surface area (Å²) in [5, 5.41) is 0.779. The van der Waals surface area contributed by atoms with E-state index in [1.54, 1.807) is 30.3 Å². The van der Waals surface area contributed by atoms with Crippen LogP contribution in [0.25, 0.3) is 0 Å². The van der Waals surface area contributed by atoms with Crippen LogP contribution in [0.1, 0.15) is 23.2 Å². The van der Waals surface area contributed by atoms with E-state index in [0.29, 0.717) is 5.56 Å². The summed E-state index contributed by atoms with van der Waals surface area (Å²) in [6.45, 7) is 0. The molecule has 1 fully saturated rings. The van der Waals surface area contributed by atoms with Crippen LogP contribution in [-0.4, -0.2) is 22.7 Å². The van der Waals surface area contributed by atoms with Gasteiger partial charge in [0.15, 0.2) is 0 Å². The molecule has 1 aliphatic rings. The summed E-state index contributed by atoms with van der Waals surface area (Å²) < 4.78 is 0. The lowest BCUT2D eigenvalue weighted by molar-refractivity contribution is -0.143. The maximum atomic E-state index is 11.8. The Balaban J connectivity index is 2.21. The third-order valence-corrected chi connectivity index (χ3v) is 2.28. The van der Waals surface area contributed by atoms with Gasteiger partial charge in [-0.05, 0) is 12.1 Å². The van der Waals surface area contributed by atoms with E-state index in [0.717, 1.165) is 5.01 Å². The van der Waals surface area contributed by atoms with Crippen molar-refractivity contribution in [2.75, 3.05) is 0 Å². The van der Waals surface area contributed by atoms with Gasteiger partial charge >= 0.3 is 0 Å². The van der Waals surface area contributed by atoms with E-state index in [1.807, 2.05) is 0 Å². The highest BCUT2D eigenvalue weighted by Crippen LogP contribution is 2.09. The van der Waals surface area contributed by atoms with Gasteiger partial charge in [0, 0.05) is 18.4 Å². The summed E-state index contributed by atoms with van der Waals surface area (Å²) in [5.74, 6) is -1.20. The molecule has 1 aromatic rings. The Morgan fingerprint density at radius 2 is 1.81 bits per heavy atom. The molecule has 5 nitrogen and oxygen atoms in total. The third-order valence-electron chi connectivity index (χ3n) is 2.28. The van der Waals surface area contributed by atoms with Crippen LogP contribution in [0.3, 0.4) is 0 Å². The van der Waals surface area contributed by atoms with Crippen molar-refractivity contribution in [3.63, 3.8) is 0 Å². The average molecular weight is 218 g/mol. The predicted octanol–water partition coefficient (Wildman–Crippen LogP) is 0.480. The molecule has 82 valence electrons. The number of nitrogens with one attached hydrogen (secondary N) is 1. The largest absolute Gasteiger partial charge is 0.279 e. The first kappa shape index (κ1) is 10.4. The third kappa shape index (κ3) is 1.93. The van der Waals surface area contributed by atoms with Crippen molar-refractivity contribution in [1.29, 1.82) is 0 Å². The van der Waals surface area contributed by atoms with Crippen molar-refractivity contribution in [1.82, 2.24) is 10.4 Å². The van der Waals surface area contributed by atoms with Crippen molar-refractivity contribution in [2.45, 2.75) is 12.8 Å². The molecule has 0 radical (unpaired) electrons. The zero-order valence-corrected chi connectivity index (χ0v) is 8.47. The molecular formula is C11H10N2O3. The highest BCUT2D eigenvalue weighted by Gasteiger charge is 2.28. The summed E-state index contributed by atoms with van der Waals surface area (Å²) >= 11 is 0. The fourth-order valence-corrected chi connectivity index (χ4v) is 1.45. The Morgan fingerprint density at radius 3 is 2.50 bits per heavy atom. The molecule has 16 heavy (non-hydrogen) atoms. The number of benzene rings is 1. The number of imide groups is 1. The van der Waals surface area contributed by atoms with Gasteiger partial charge in [0.05, 0.1) is 0 Å². The first-order chi connectivity index (χ1) is 7.68. The Labute approximate surface area is 92.0 Å². The maximum absolute atomic E-state index is 11.8. The van der Waals surface area contributed by atoms with Gasteiger partial charge in [-0.15, -0.1) is 0 Å². The molecule has 1 heterocycles. The molecular weight excluding hydrogens is 208 g/mol. The molecule has 1 aliphatic heterocycles. The summed E-state index contributed by atoms with van der Waals surface area (Å²) in [7, 11) is 0. The number of hydrogen-bond acceptors (Lipinski definition) is 3. The van der Waals surface area contributed by atoms with E-state index in [4.69, 9.17) is 0 Å². The molecule has 5 heteroatoms. The van der Waals surface area contributed by atoms with Crippen LogP contribution in [0.15, 0.2) is 30.3 Å². The van der Waals surface area contributed by atoms with Crippen LogP contribution >= 0.6 is 0 Å². The lowest BCUT2D eigenvalue weighted by Crippen LogP contribution is -2.53. The second-order valence-electron chi connectivity index (χ2n) is 3.44. The van der Waals surface area contributed by atoms with Crippen LogP contribution in [0.4, 0.5) is 0 Å². The number of rotatable bonds is 1. The molecule has 0 saturated carbocycles. The van der Waals surface area contributed by atoms with Crippen molar-refractivity contribution < 1.29 is 14.4 Å².